The fraction of sp³-hybridized carbons (Fsp3) is 0.143. The number of hydrogen-bond acceptors (Lipinski definition) is 2. The van der Waals surface area contributed by atoms with Gasteiger partial charge in [0.15, 0.2) is 5.78 Å². The maximum Gasteiger partial charge on any atom is 0.213 e. The van der Waals surface area contributed by atoms with Crippen LogP contribution in [0.25, 0.3) is 0 Å². The molecule has 0 radical (unpaired) electrons. The lowest BCUT2D eigenvalue weighted by molar-refractivity contribution is 0.0976. The van der Waals surface area contributed by atoms with E-state index in [1.807, 2.05) is 60.7 Å². The van der Waals surface area contributed by atoms with E-state index in [4.69, 9.17) is 0 Å². The fourth-order valence-electron chi connectivity index (χ4n) is 2.89. The molecule has 0 aliphatic rings. The molecular formula is C21H18FNO. The molecule has 0 aliphatic heterocycles. The first-order valence-corrected chi connectivity index (χ1v) is 7.90. The van der Waals surface area contributed by atoms with Crippen LogP contribution >= 0.6 is 0 Å². The molecule has 1 heterocycles. The summed E-state index contributed by atoms with van der Waals surface area (Å²) in [5.74, 6) is -0.762. The number of ketones is 1. The zero-order valence-corrected chi connectivity index (χ0v) is 13.4. The number of aromatic nitrogens is 1. The average molecular weight is 319 g/mol. The Bertz CT molecular complexity index is 791. The van der Waals surface area contributed by atoms with Crippen LogP contribution in [0.4, 0.5) is 4.39 Å². The van der Waals surface area contributed by atoms with Gasteiger partial charge >= 0.3 is 0 Å². The molecule has 24 heavy (non-hydrogen) atoms. The molecule has 120 valence electrons. The first-order chi connectivity index (χ1) is 11.6. The lowest BCUT2D eigenvalue weighted by Crippen LogP contribution is -2.11. The van der Waals surface area contributed by atoms with Crippen molar-refractivity contribution in [2.45, 2.75) is 19.3 Å². The summed E-state index contributed by atoms with van der Waals surface area (Å²) in [5.41, 5.74) is 3.24. The van der Waals surface area contributed by atoms with Gasteiger partial charge in [-0.1, -0.05) is 60.7 Å². The summed E-state index contributed by atoms with van der Waals surface area (Å²) in [5, 5.41) is 0. The van der Waals surface area contributed by atoms with Crippen molar-refractivity contribution < 1.29 is 9.18 Å². The highest BCUT2D eigenvalue weighted by Crippen LogP contribution is 2.29. The highest BCUT2D eigenvalue weighted by Gasteiger charge is 2.20. The summed E-state index contributed by atoms with van der Waals surface area (Å²) in [6.07, 6.45) is 1.70. The topological polar surface area (TPSA) is 30.0 Å². The molecule has 0 bridgehead atoms. The quantitative estimate of drug-likeness (QED) is 0.493. The summed E-state index contributed by atoms with van der Waals surface area (Å²) in [6.45, 7) is 1.78. The van der Waals surface area contributed by atoms with Crippen LogP contribution in [0.1, 0.15) is 39.4 Å². The van der Waals surface area contributed by atoms with Gasteiger partial charge in [0, 0.05) is 30.2 Å². The predicted octanol–water partition coefficient (Wildman–Crippen LogP) is 4.93. The molecule has 3 heteroatoms. The van der Waals surface area contributed by atoms with Crippen LogP contribution < -0.4 is 0 Å². The van der Waals surface area contributed by atoms with Crippen LogP contribution in [-0.4, -0.2) is 10.8 Å². The minimum Gasteiger partial charge on any atom is -0.294 e. The van der Waals surface area contributed by atoms with Gasteiger partial charge in [0.2, 0.25) is 5.95 Å². The van der Waals surface area contributed by atoms with Crippen LogP contribution in [0.2, 0.25) is 0 Å². The second-order valence-electron chi connectivity index (χ2n) is 5.82. The van der Waals surface area contributed by atoms with Gasteiger partial charge in [0.1, 0.15) is 0 Å². The molecule has 0 atom stereocenters. The molecule has 0 aliphatic carbocycles. The smallest absolute Gasteiger partial charge is 0.213 e. The SMILES string of the molecule is Cc1cnc(F)cc1C(=O)CC(c1ccccc1)c1ccccc1. The molecule has 0 fully saturated rings. The monoisotopic (exact) mass is 319 g/mol. The van der Waals surface area contributed by atoms with Gasteiger partial charge in [-0.2, -0.15) is 4.39 Å². The van der Waals surface area contributed by atoms with Crippen molar-refractivity contribution in [1.82, 2.24) is 4.98 Å². The lowest BCUT2D eigenvalue weighted by Gasteiger charge is -2.18. The molecule has 1 aromatic heterocycles. The van der Waals surface area contributed by atoms with Gasteiger partial charge in [-0.15, -0.1) is 0 Å². The number of rotatable bonds is 5. The first-order valence-electron chi connectivity index (χ1n) is 7.90. The largest absolute Gasteiger partial charge is 0.294 e. The number of nitrogens with zero attached hydrogens (tertiary/aromatic N) is 1. The number of hydrogen-bond donors (Lipinski definition) is 0. The minimum atomic E-state index is -0.625. The average Bonchev–Trinajstić information content (AvgIpc) is 2.63. The Morgan fingerprint density at radius 3 is 2.08 bits per heavy atom. The van der Waals surface area contributed by atoms with Crippen molar-refractivity contribution in [2.75, 3.05) is 0 Å². The Morgan fingerprint density at radius 1 is 1.00 bits per heavy atom. The second kappa shape index (κ2) is 7.18. The van der Waals surface area contributed by atoms with E-state index in [2.05, 4.69) is 4.98 Å². The van der Waals surface area contributed by atoms with E-state index in [-0.39, 0.29) is 11.7 Å². The first kappa shape index (κ1) is 16.1. The number of halogens is 1. The van der Waals surface area contributed by atoms with Gasteiger partial charge in [-0.3, -0.25) is 4.79 Å². The number of Topliss-reactive ketones (excluding diaryl/α,β-unsaturated/α-hetero) is 1. The third kappa shape index (κ3) is 3.57. The highest BCUT2D eigenvalue weighted by atomic mass is 19.1. The second-order valence-corrected chi connectivity index (χ2v) is 5.82. The molecule has 2 aromatic carbocycles. The molecule has 0 unspecified atom stereocenters. The third-order valence-corrected chi connectivity index (χ3v) is 4.16. The number of benzene rings is 2. The van der Waals surface area contributed by atoms with Crippen molar-refractivity contribution in [3.8, 4) is 0 Å². The predicted molar refractivity (Wildman–Crippen MR) is 92.6 cm³/mol. The summed E-state index contributed by atoms with van der Waals surface area (Å²) < 4.78 is 13.4. The Hall–Kier alpha value is -2.81. The van der Waals surface area contributed by atoms with E-state index in [1.165, 1.54) is 12.3 Å². The Morgan fingerprint density at radius 2 is 1.54 bits per heavy atom. The Balaban J connectivity index is 1.95. The number of aryl methyl sites for hydroxylation is 1. The van der Waals surface area contributed by atoms with Crippen LogP contribution in [0.5, 0.6) is 0 Å². The van der Waals surface area contributed by atoms with E-state index >= 15 is 0 Å². The molecule has 0 N–H and O–H groups in total. The van der Waals surface area contributed by atoms with E-state index in [0.29, 0.717) is 17.5 Å². The number of pyridine rings is 1. The van der Waals surface area contributed by atoms with Gasteiger partial charge < -0.3 is 0 Å². The van der Waals surface area contributed by atoms with E-state index in [0.717, 1.165) is 11.1 Å². The van der Waals surface area contributed by atoms with Crippen molar-refractivity contribution >= 4 is 5.78 Å². The maximum absolute atomic E-state index is 13.4. The molecular weight excluding hydrogens is 301 g/mol. The zero-order chi connectivity index (χ0) is 16.9. The fourth-order valence-corrected chi connectivity index (χ4v) is 2.89. The minimum absolute atomic E-state index is 0.0597. The number of carbonyl (C=O) groups is 1. The lowest BCUT2D eigenvalue weighted by atomic mass is 9.85. The maximum atomic E-state index is 13.4. The van der Waals surface area contributed by atoms with E-state index < -0.39 is 5.95 Å². The summed E-state index contributed by atoms with van der Waals surface area (Å²) in [6, 6.07) is 21.1. The Kier molecular flexibility index (Phi) is 4.80. The van der Waals surface area contributed by atoms with Crippen molar-refractivity contribution in [3.63, 3.8) is 0 Å². The molecule has 0 saturated heterocycles. The van der Waals surface area contributed by atoms with Gasteiger partial charge in [-0.05, 0) is 23.6 Å². The van der Waals surface area contributed by atoms with Crippen molar-refractivity contribution in [2.24, 2.45) is 0 Å². The van der Waals surface area contributed by atoms with Gasteiger partial charge in [0.05, 0.1) is 0 Å². The summed E-state index contributed by atoms with van der Waals surface area (Å²) in [4.78, 5) is 16.4. The summed E-state index contributed by atoms with van der Waals surface area (Å²) >= 11 is 0. The van der Waals surface area contributed by atoms with E-state index in [1.54, 1.807) is 6.92 Å². The zero-order valence-electron chi connectivity index (χ0n) is 13.4. The summed E-state index contributed by atoms with van der Waals surface area (Å²) in [7, 11) is 0. The number of carbonyl (C=O) groups excluding carboxylic acids is 1. The van der Waals surface area contributed by atoms with Crippen molar-refractivity contribution in [1.29, 1.82) is 0 Å². The molecule has 2 nitrogen and oxygen atoms in total. The molecule has 0 amide bonds. The van der Waals surface area contributed by atoms with Crippen LogP contribution in [0, 0.1) is 12.9 Å². The Labute approximate surface area is 141 Å². The molecule has 3 rings (SSSR count). The molecule has 3 aromatic rings. The molecule has 0 spiro atoms. The highest BCUT2D eigenvalue weighted by molar-refractivity contribution is 5.98. The van der Waals surface area contributed by atoms with Crippen molar-refractivity contribution in [3.05, 3.63) is 101 Å². The molecule has 0 saturated carbocycles. The van der Waals surface area contributed by atoms with Crippen LogP contribution in [0.15, 0.2) is 72.9 Å². The van der Waals surface area contributed by atoms with Gasteiger partial charge in [-0.25, -0.2) is 4.98 Å². The van der Waals surface area contributed by atoms with E-state index in [9.17, 15) is 9.18 Å². The standard InChI is InChI=1S/C21H18FNO/c1-15-14-23-21(22)13-18(15)20(24)12-19(16-8-4-2-5-9-16)17-10-6-3-7-11-17/h2-11,13-14,19H,12H2,1H3. The normalized spacial score (nSPS) is 10.8. The van der Waals surface area contributed by atoms with Crippen LogP contribution in [0.3, 0.4) is 0 Å². The third-order valence-electron chi connectivity index (χ3n) is 4.16. The van der Waals surface area contributed by atoms with Crippen LogP contribution in [-0.2, 0) is 0 Å². The van der Waals surface area contributed by atoms with Gasteiger partial charge in [0.25, 0.3) is 0 Å².